The zero-order chi connectivity index (χ0) is 7.40. The molecule has 1 rings (SSSR count). The van der Waals surface area contributed by atoms with Gasteiger partial charge in [-0.1, -0.05) is 22.6 Å². The van der Waals surface area contributed by atoms with Crippen LogP contribution in [0.1, 0.15) is 19.0 Å². The van der Waals surface area contributed by atoms with Crippen molar-refractivity contribution in [2.24, 2.45) is 0 Å². The lowest BCUT2D eigenvalue weighted by atomic mass is 10.2. The molecule has 0 fully saturated rings. The molecule has 1 heterocycles. The molecule has 1 unspecified atom stereocenters. The van der Waals surface area contributed by atoms with Gasteiger partial charge in [0.2, 0.25) is 0 Å². The molecule has 2 nitrogen and oxygen atoms in total. The van der Waals surface area contributed by atoms with Crippen molar-refractivity contribution in [2.75, 3.05) is 0 Å². The van der Waals surface area contributed by atoms with E-state index in [1.807, 2.05) is 6.07 Å². The minimum Gasteiger partial charge on any atom is -0.241 e. The summed E-state index contributed by atoms with van der Waals surface area (Å²) in [7, 11) is 2.56. The number of hydrogen-bond acceptors (Lipinski definition) is 2. The summed E-state index contributed by atoms with van der Waals surface area (Å²) in [5.74, 6) is 0. The van der Waals surface area contributed by atoms with Crippen LogP contribution in [0.2, 0.25) is 0 Å². The second-order valence-corrected chi connectivity index (χ2v) is 2.78. The lowest BCUT2D eigenvalue weighted by molar-refractivity contribution is 0.876. The van der Waals surface area contributed by atoms with Crippen molar-refractivity contribution in [2.45, 2.75) is 19.8 Å². The van der Waals surface area contributed by atoms with Crippen molar-refractivity contribution in [1.29, 1.82) is 0 Å². The molecule has 0 aliphatic rings. The molecule has 0 saturated heterocycles. The molecule has 0 aliphatic carbocycles. The van der Waals surface area contributed by atoms with Crippen LogP contribution in [0.5, 0.6) is 0 Å². The van der Waals surface area contributed by atoms with Crippen molar-refractivity contribution in [1.82, 2.24) is 9.97 Å². The van der Waals surface area contributed by atoms with Gasteiger partial charge in [0.25, 0.3) is 0 Å². The predicted molar refractivity (Wildman–Crippen MR) is 45.4 cm³/mol. The maximum Gasteiger partial charge on any atom is 0.116 e. The van der Waals surface area contributed by atoms with Crippen LogP contribution in [0, 0.1) is 0 Å². The van der Waals surface area contributed by atoms with Crippen molar-refractivity contribution >= 4 is 14.7 Å². The summed E-state index contributed by atoms with van der Waals surface area (Å²) in [6, 6.07) is 1.99. The Hall–Kier alpha value is -0.490. The zero-order valence-corrected chi connectivity index (χ0v) is 7.20. The first-order valence-electron chi connectivity index (χ1n) is 3.39. The Bertz CT molecular complexity index is 213. The molecule has 3 heteroatoms. The van der Waals surface area contributed by atoms with Gasteiger partial charge in [-0.15, -0.1) is 0 Å². The summed E-state index contributed by atoms with van der Waals surface area (Å²) in [5.41, 5.74) is 2.10. The Kier molecular flexibility index (Phi) is 2.76. The van der Waals surface area contributed by atoms with Gasteiger partial charge in [-0.25, -0.2) is 9.97 Å². The van der Waals surface area contributed by atoms with Crippen LogP contribution in [0.15, 0.2) is 12.4 Å². The van der Waals surface area contributed by atoms with Gasteiger partial charge in [-0.3, -0.25) is 0 Å². The quantitative estimate of drug-likeness (QED) is 0.592. The summed E-state index contributed by atoms with van der Waals surface area (Å²) in [5, 5.41) is 0. The van der Waals surface area contributed by atoms with Crippen molar-refractivity contribution in [3.8, 4) is 0 Å². The number of aromatic nitrogens is 2. The maximum atomic E-state index is 4.10. The van der Waals surface area contributed by atoms with E-state index in [-0.39, 0.29) is 0 Å². The zero-order valence-electron chi connectivity index (χ0n) is 6.04. The van der Waals surface area contributed by atoms with E-state index in [1.165, 1.54) is 0 Å². The number of hydrogen-bond donors (Lipinski definition) is 0. The Morgan fingerprint density at radius 1 is 1.50 bits per heavy atom. The van der Waals surface area contributed by atoms with Crippen molar-refractivity contribution < 1.29 is 0 Å². The van der Waals surface area contributed by atoms with Gasteiger partial charge in [0.05, 0.1) is 5.44 Å². The Labute approximate surface area is 63.3 Å². The Morgan fingerprint density at radius 2 is 2.30 bits per heavy atom. The number of aryl methyl sites for hydroxylation is 1. The second kappa shape index (κ2) is 3.62. The molecule has 1 aromatic heterocycles. The predicted octanol–water partition coefficient (Wildman–Crippen LogP) is 0.929. The van der Waals surface area contributed by atoms with Crippen molar-refractivity contribution in [3.05, 3.63) is 18.1 Å². The SMILES string of the molecule is CCCc1cc(P)ncn1. The third-order valence-electron chi connectivity index (χ3n) is 1.25. The van der Waals surface area contributed by atoms with E-state index in [1.54, 1.807) is 6.33 Å². The average Bonchev–Trinajstić information content (AvgIpc) is 1.88. The van der Waals surface area contributed by atoms with Gasteiger partial charge >= 0.3 is 0 Å². The molecule has 1 aromatic rings. The first-order valence-corrected chi connectivity index (χ1v) is 3.97. The van der Waals surface area contributed by atoms with Gasteiger partial charge in [-0.05, 0) is 12.5 Å². The van der Waals surface area contributed by atoms with Gasteiger partial charge in [-0.2, -0.15) is 0 Å². The molecule has 0 aromatic carbocycles. The second-order valence-electron chi connectivity index (χ2n) is 2.18. The Morgan fingerprint density at radius 3 is 2.90 bits per heavy atom. The van der Waals surface area contributed by atoms with E-state index in [9.17, 15) is 0 Å². The molecular weight excluding hydrogens is 143 g/mol. The molecule has 0 N–H and O–H groups in total. The molecule has 54 valence electrons. The highest BCUT2D eigenvalue weighted by atomic mass is 31.0. The van der Waals surface area contributed by atoms with Crippen LogP contribution in [-0.2, 0) is 6.42 Å². The molecular formula is C7H11N2P. The first kappa shape index (κ1) is 7.62. The molecule has 0 aliphatic heterocycles. The minimum atomic E-state index is 0.971. The molecule has 0 spiro atoms. The monoisotopic (exact) mass is 154 g/mol. The maximum absolute atomic E-state index is 4.10. The van der Waals surface area contributed by atoms with E-state index in [0.29, 0.717) is 0 Å². The number of rotatable bonds is 2. The Balaban J connectivity index is 2.75. The lowest BCUT2D eigenvalue weighted by Crippen LogP contribution is -2.01. The van der Waals surface area contributed by atoms with Crippen LogP contribution in [0.4, 0.5) is 0 Å². The third-order valence-corrected chi connectivity index (χ3v) is 1.57. The highest BCUT2D eigenvalue weighted by molar-refractivity contribution is 7.26. The van der Waals surface area contributed by atoms with Gasteiger partial charge in [0, 0.05) is 5.69 Å². The smallest absolute Gasteiger partial charge is 0.116 e. The fraction of sp³-hybridized carbons (Fsp3) is 0.429. The topological polar surface area (TPSA) is 25.8 Å². The fourth-order valence-corrected chi connectivity index (χ4v) is 1.07. The van der Waals surface area contributed by atoms with E-state index < -0.39 is 0 Å². The van der Waals surface area contributed by atoms with Crippen LogP contribution < -0.4 is 5.44 Å². The summed E-state index contributed by atoms with van der Waals surface area (Å²) >= 11 is 0. The molecule has 0 amide bonds. The van der Waals surface area contributed by atoms with E-state index in [0.717, 1.165) is 24.0 Å². The lowest BCUT2D eigenvalue weighted by Gasteiger charge is -1.96. The first-order chi connectivity index (χ1) is 4.83. The molecule has 0 saturated carbocycles. The van der Waals surface area contributed by atoms with Crippen LogP contribution in [0.25, 0.3) is 0 Å². The van der Waals surface area contributed by atoms with Gasteiger partial charge in [0.15, 0.2) is 0 Å². The van der Waals surface area contributed by atoms with E-state index >= 15 is 0 Å². The van der Waals surface area contributed by atoms with E-state index in [2.05, 4.69) is 26.1 Å². The minimum absolute atomic E-state index is 0.971. The summed E-state index contributed by atoms with van der Waals surface area (Å²) < 4.78 is 0. The molecule has 0 radical (unpaired) electrons. The molecule has 10 heavy (non-hydrogen) atoms. The van der Waals surface area contributed by atoms with Crippen molar-refractivity contribution in [3.63, 3.8) is 0 Å². The van der Waals surface area contributed by atoms with E-state index in [4.69, 9.17) is 0 Å². The fourth-order valence-electron chi connectivity index (χ4n) is 0.808. The molecule has 1 atom stereocenters. The summed E-state index contributed by atoms with van der Waals surface area (Å²) in [6.07, 6.45) is 3.79. The van der Waals surface area contributed by atoms with Crippen LogP contribution >= 0.6 is 9.24 Å². The van der Waals surface area contributed by atoms with Crippen LogP contribution in [0.3, 0.4) is 0 Å². The van der Waals surface area contributed by atoms with Gasteiger partial charge in [0.1, 0.15) is 6.33 Å². The van der Waals surface area contributed by atoms with Crippen LogP contribution in [-0.4, -0.2) is 9.97 Å². The number of nitrogens with zero attached hydrogens (tertiary/aromatic N) is 2. The largest absolute Gasteiger partial charge is 0.241 e. The third kappa shape index (κ3) is 2.03. The highest BCUT2D eigenvalue weighted by Crippen LogP contribution is 1.95. The average molecular weight is 154 g/mol. The summed E-state index contributed by atoms with van der Waals surface area (Å²) in [6.45, 7) is 2.14. The standard InChI is InChI=1S/C7H11N2P/c1-2-3-6-4-7(10)9-5-8-6/h4-5H,2-3,10H2,1H3. The highest BCUT2D eigenvalue weighted by Gasteiger charge is 1.91. The van der Waals surface area contributed by atoms with Gasteiger partial charge < -0.3 is 0 Å². The normalized spacial score (nSPS) is 9.80. The summed E-state index contributed by atoms with van der Waals surface area (Å²) in [4.78, 5) is 8.08. The molecule has 0 bridgehead atoms.